The summed E-state index contributed by atoms with van der Waals surface area (Å²) in [6, 6.07) is 0. The molecule has 3 atom stereocenters. The van der Waals surface area contributed by atoms with Gasteiger partial charge in [0.2, 0.25) is 0 Å². The summed E-state index contributed by atoms with van der Waals surface area (Å²) >= 11 is 0. The SMILES string of the molecule is CCCC(C)(C)C(C)C(C)C(C)C(C)C. The van der Waals surface area contributed by atoms with Crippen molar-refractivity contribution in [2.75, 3.05) is 0 Å². The van der Waals surface area contributed by atoms with Crippen molar-refractivity contribution in [2.45, 2.75) is 68.2 Å². The molecule has 0 N–H and O–H groups in total. The molecule has 0 fully saturated rings. The Hall–Kier alpha value is 0. The Morgan fingerprint density at radius 2 is 1.33 bits per heavy atom. The van der Waals surface area contributed by atoms with Crippen LogP contribution in [0.4, 0.5) is 0 Å². The minimum absolute atomic E-state index is 0.497. The first-order valence-corrected chi connectivity index (χ1v) is 6.74. The van der Waals surface area contributed by atoms with Crippen molar-refractivity contribution in [3.05, 3.63) is 0 Å². The van der Waals surface area contributed by atoms with Gasteiger partial charge in [0, 0.05) is 0 Å². The van der Waals surface area contributed by atoms with Crippen LogP contribution in [0.25, 0.3) is 0 Å². The minimum Gasteiger partial charge on any atom is -0.0654 e. The van der Waals surface area contributed by atoms with E-state index in [1.54, 1.807) is 0 Å². The maximum absolute atomic E-state index is 2.44. The van der Waals surface area contributed by atoms with Crippen molar-refractivity contribution in [1.82, 2.24) is 0 Å². The molecule has 0 rings (SSSR count). The molecule has 92 valence electrons. The predicted octanol–water partition coefficient (Wildman–Crippen LogP) is 5.38. The first-order chi connectivity index (χ1) is 6.74. The average molecular weight is 212 g/mol. The van der Waals surface area contributed by atoms with Gasteiger partial charge in [0.1, 0.15) is 0 Å². The van der Waals surface area contributed by atoms with Gasteiger partial charge < -0.3 is 0 Å². The molecule has 0 aliphatic heterocycles. The van der Waals surface area contributed by atoms with Crippen molar-refractivity contribution in [1.29, 1.82) is 0 Å². The van der Waals surface area contributed by atoms with E-state index in [2.05, 4.69) is 55.4 Å². The highest BCUT2D eigenvalue weighted by Crippen LogP contribution is 2.40. The van der Waals surface area contributed by atoms with Crippen LogP contribution >= 0.6 is 0 Å². The fourth-order valence-corrected chi connectivity index (χ4v) is 2.65. The van der Waals surface area contributed by atoms with Crippen LogP contribution in [0.5, 0.6) is 0 Å². The maximum Gasteiger partial charge on any atom is -0.0326 e. The topological polar surface area (TPSA) is 0 Å². The van der Waals surface area contributed by atoms with Crippen molar-refractivity contribution >= 4 is 0 Å². The summed E-state index contributed by atoms with van der Waals surface area (Å²) in [5.74, 6) is 3.28. The Balaban J connectivity index is 4.48. The first-order valence-electron chi connectivity index (χ1n) is 6.74. The zero-order chi connectivity index (χ0) is 12.2. The van der Waals surface area contributed by atoms with Crippen LogP contribution in [-0.4, -0.2) is 0 Å². The van der Waals surface area contributed by atoms with Crippen LogP contribution in [0.2, 0.25) is 0 Å². The van der Waals surface area contributed by atoms with Crippen LogP contribution in [-0.2, 0) is 0 Å². The number of hydrogen-bond acceptors (Lipinski definition) is 0. The van der Waals surface area contributed by atoms with E-state index in [9.17, 15) is 0 Å². The first kappa shape index (κ1) is 15.0. The minimum atomic E-state index is 0.497. The van der Waals surface area contributed by atoms with E-state index in [1.807, 2.05) is 0 Å². The van der Waals surface area contributed by atoms with Crippen molar-refractivity contribution in [3.63, 3.8) is 0 Å². The Bertz CT molecular complexity index is 167. The quantitative estimate of drug-likeness (QED) is 0.554. The Labute approximate surface area is 97.8 Å². The molecular weight excluding hydrogens is 180 g/mol. The predicted molar refractivity (Wildman–Crippen MR) is 71.0 cm³/mol. The van der Waals surface area contributed by atoms with Gasteiger partial charge in [0.05, 0.1) is 0 Å². The standard InChI is InChI=1S/C15H32/c1-9-10-15(7,8)14(6)13(5)12(4)11(2)3/h11-14H,9-10H2,1-8H3. The van der Waals surface area contributed by atoms with E-state index in [0.717, 1.165) is 23.7 Å². The van der Waals surface area contributed by atoms with Gasteiger partial charge in [-0.25, -0.2) is 0 Å². The molecule has 0 nitrogen and oxygen atoms in total. The summed E-state index contributed by atoms with van der Waals surface area (Å²) in [4.78, 5) is 0. The summed E-state index contributed by atoms with van der Waals surface area (Å²) in [7, 11) is 0. The summed E-state index contributed by atoms with van der Waals surface area (Å²) in [6.45, 7) is 19.2. The maximum atomic E-state index is 2.44. The lowest BCUT2D eigenvalue weighted by molar-refractivity contribution is 0.100. The Morgan fingerprint density at radius 1 is 0.867 bits per heavy atom. The highest BCUT2D eigenvalue weighted by atomic mass is 14.4. The van der Waals surface area contributed by atoms with E-state index in [0.29, 0.717) is 5.41 Å². The molecule has 0 aliphatic carbocycles. The largest absolute Gasteiger partial charge is 0.0654 e. The molecule has 0 heterocycles. The van der Waals surface area contributed by atoms with Crippen molar-refractivity contribution in [3.8, 4) is 0 Å². The van der Waals surface area contributed by atoms with Gasteiger partial charge in [0.25, 0.3) is 0 Å². The smallest absolute Gasteiger partial charge is 0.0326 e. The second-order valence-corrected chi connectivity index (χ2v) is 6.49. The molecule has 0 saturated heterocycles. The third-order valence-corrected chi connectivity index (χ3v) is 4.80. The lowest BCUT2D eigenvalue weighted by Crippen LogP contribution is -2.31. The molecule has 0 radical (unpaired) electrons. The highest BCUT2D eigenvalue weighted by Gasteiger charge is 2.32. The third kappa shape index (κ3) is 4.17. The van der Waals surface area contributed by atoms with Gasteiger partial charge in [-0.2, -0.15) is 0 Å². The normalized spacial score (nSPS) is 19.0. The van der Waals surface area contributed by atoms with Gasteiger partial charge in [-0.15, -0.1) is 0 Å². The molecule has 0 heteroatoms. The molecule has 0 aliphatic rings. The summed E-state index contributed by atoms with van der Waals surface area (Å²) in [5.41, 5.74) is 0.497. The molecule has 0 spiro atoms. The second kappa shape index (κ2) is 5.92. The summed E-state index contributed by atoms with van der Waals surface area (Å²) in [6.07, 6.45) is 2.66. The van der Waals surface area contributed by atoms with Gasteiger partial charge in [0.15, 0.2) is 0 Å². The average Bonchev–Trinajstić information content (AvgIpc) is 2.14. The monoisotopic (exact) mass is 212 g/mol. The molecule has 0 bridgehead atoms. The number of hydrogen-bond donors (Lipinski definition) is 0. The van der Waals surface area contributed by atoms with E-state index < -0.39 is 0 Å². The second-order valence-electron chi connectivity index (χ2n) is 6.49. The molecule has 0 amide bonds. The lowest BCUT2D eigenvalue weighted by Gasteiger charge is -2.39. The molecule has 0 aromatic carbocycles. The molecule has 0 saturated carbocycles. The lowest BCUT2D eigenvalue weighted by atomic mass is 9.66. The Kier molecular flexibility index (Phi) is 5.92. The molecule has 3 unspecified atom stereocenters. The van der Waals surface area contributed by atoms with E-state index in [-0.39, 0.29) is 0 Å². The van der Waals surface area contributed by atoms with Crippen LogP contribution in [0.3, 0.4) is 0 Å². The fraction of sp³-hybridized carbons (Fsp3) is 1.00. The van der Waals surface area contributed by atoms with Crippen LogP contribution < -0.4 is 0 Å². The zero-order valence-corrected chi connectivity index (χ0v) is 12.2. The van der Waals surface area contributed by atoms with Crippen molar-refractivity contribution in [2.24, 2.45) is 29.1 Å². The highest BCUT2D eigenvalue weighted by molar-refractivity contribution is 4.81. The molecule has 0 aromatic rings. The zero-order valence-electron chi connectivity index (χ0n) is 12.2. The number of rotatable bonds is 6. The van der Waals surface area contributed by atoms with E-state index in [4.69, 9.17) is 0 Å². The van der Waals surface area contributed by atoms with E-state index in [1.165, 1.54) is 12.8 Å². The van der Waals surface area contributed by atoms with Gasteiger partial charge >= 0.3 is 0 Å². The third-order valence-electron chi connectivity index (χ3n) is 4.80. The molecular formula is C15H32. The van der Waals surface area contributed by atoms with Crippen LogP contribution in [0.15, 0.2) is 0 Å². The van der Waals surface area contributed by atoms with Gasteiger partial charge in [-0.05, 0) is 35.5 Å². The van der Waals surface area contributed by atoms with Gasteiger partial charge in [-0.1, -0.05) is 61.8 Å². The summed E-state index contributed by atoms with van der Waals surface area (Å²) < 4.78 is 0. The van der Waals surface area contributed by atoms with Gasteiger partial charge in [-0.3, -0.25) is 0 Å². The van der Waals surface area contributed by atoms with Crippen molar-refractivity contribution < 1.29 is 0 Å². The fourth-order valence-electron chi connectivity index (χ4n) is 2.65. The van der Waals surface area contributed by atoms with Crippen LogP contribution in [0, 0.1) is 29.1 Å². The summed E-state index contributed by atoms with van der Waals surface area (Å²) in [5, 5.41) is 0. The Morgan fingerprint density at radius 3 is 1.67 bits per heavy atom. The molecule has 0 aromatic heterocycles. The van der Waals surface area contributed by atoms with Crippen LogP contribution in [0.1, 0.15) is 68.2 Å². The van der Waals surface area contributed by atoms with E-state index >= 15 is 0 Å². The molecule has 15 heavy (non-hydrogen) atoms.